The Balaban J connectivity index is 1.61. The molecular formula is C29H29ClN2O3. The predicted octanol–water partition coefficient (Wildman–Crippen LogP) is 6.30. The summed E-state index contributed by atoms with van der Waals surface area (Å²) < 4.78 is 3.46. The lowest BCUT2D eigenvalue weighted by Gasteiger charge is -2.10. The number of halogens is 1. The summed E-state index contributed by atoms with van der Waals surface area (Å²) in [5.41, 5.74) is 4.64. The number of hydrogen-bond acceptors (Lipinski definition) is 2. The van der Waals surface area contributed by atoms with Gasteiger partial charge < -0.3 is 5.11 Å². The number of carboxylic acid groups (broad SMARTS) is 1. The van der Waals surface area contributed by atoms with Crippen molar-refractivity contribution in [3.05, 3.63) is 117 Å². The highest BCUT2D eigenvalue weighted by Gasteiger charge is 2.18. The molecule has 0 bridgehead atoms. The number of aryl methyl sites for hydroxylation is 1. The molecule has 5 nitrogen and oxygen atoms in total. The van der Waals surface area contributed by atoms with Crippen molar-refractivity contribution >= 4 is 17.6 Å². The molecule has 0 aliphatic carbocycles. The molecule has 4 rings (SSSR count). The first-order chi connectivity index (χ1) is 17.0. The fourth-order valence-corrected chi connectivity index (χ4v) is 4.68. The van der Waals surface area contributed by atoms with Crippen LogP contribution in [0, 0.1) is 0 Å². The monoisotopic (exact) mass is 488 g/mol. The molecule has 1 heterocycles. The minimum absolute atomic E-state index is 0.0997. The molecule has 0 amide bonds. The number of hydrogen-bond donors (Lipinski definition) is 1. The summed E-state index contributed by atoms with van der Waals surface area (Å²) in [5.74, 6) is -0.955. The van der Waals surface area contributed by atoms with Crippen LogP contribution >= 0.6 is 11.6 Å². The quantitative estimate of drug-likeness (QED) is 0.285. The van der Waals surface area contributed by atoms with E-state index in [1.54, 1.807) is 27.3 Å². The molecule has 3 aromatic carbocycles. The topological polar surface area (TPSA) is 64.2 Å². The van der Waals surface area contributed by atoms with E-state index < -0.39 is 5.97 Å². The van der Waals surface area contributed by atoms with E-state index in [1.165, 1.54) is 0 Å². The third-order valence-electron chi connectivity index (χ3n) is 6.26. The second-order valence-electron chi connectivity index (χ2n) is 8.64. The number of carboxylic acids is 1. The van der Waals surface area contributed by atoms with Crippen molar-refractivity contribution in [2.24, 2.45) is 0 Å². The van der Waals surface area contributed by atoms with Gasteiger partial charge in [-0.15, -0.1) is 0 Å². The zero-order chi connectivity index (χ0) is 24.8. The van der Waals surface area contributed by atoms with Gasteiger partial charge >= 0.3 is 11.7 Å². The lowest BCUT2D eigenvalue weighted by Crippen LogP contribution is -2.26. The summed E-state index contributed by atoms with van der Waals surface area (Å²) >= 11 is 6.74. The van der Waals surface area contributed by atoms with Gasteiger partial charge in [0.15, 0.2) is 0 Å². The Bertz CT molecular complexity index is 1360. The molecular weight excluding hydrogens is 460 g/mol. The van der Waals surface area contributed by atoms with E-state index in [-0.39, 0.29) is 11.3 Å². The molecule has 1 N–H and O–H groups in total. The summed E-state index contributed by atoms with van der Waals surface area (Å²) in [6.07, 6.45) is 3.44. The number of carbonyl (C=O) groups is 1. The normalized spacial score (nSPS) is 11.0. The molecule has 35 heavy (non-hydrogen) atoms. The van der Waals surface area contributed by atoms with Gasteiger partial charge in [-0.1, -0.05) is 97.7 Å². The third kappa shape index (κ3) is 5.57. The van der Waals surface area contributed by atoms with E-state index in [1.807, 2.05) is 48.5 Å². The molecule has 1 aromatic heterocycles. The Kier molecular flexibility index (Phi) is 7.88. The summed E-state index contributed by atoms with van der Waals surface area (Å²) in [5, 5.41) is 10.0. The van der Waals surface area contributed by atoms with Gasteiger partial charge in [0.05, 0.1) is 17.8 Å². The average Bonchev–Trinajstić information content (AvgIpc) is 3.10. The van der Waals surface area contributed by atoms with Gasteiger partial charge in [0, 0.05) is 6.54 Å². The Morgan fingerprint density at radius 2 is 1.54 bits per heavy atom. The predicted molar refractivity (Wildman–Crippen MR) is 140 cm³/mol. The fraction of sp³-hybridized carbons (Fsp3) is 0.241. The lowest BCUT2D eigenvalue weighted by atomic mass is 9.99. The number of aromatic carboxylic acids is 1. The highest BCUT2D eigenvalue weighted by molar-refractivity contribution is 6.30. The van der Waals surface area contributed by atoms with Crippen LogP contribution in [-0.2, 0) is 25.9 Å². The van der Waals surface area contributed by atoms with Crippen LogP contribution in [0.1, 0.15) is 46.9 Å². The van der Waals surface area contributed by atoms with Crippen molar-refractivity contribution in [3.63, 3.8) is 0 Å². The van der Waals surface area contributed by atoms with Crippen LogP contribution in [0.2, 0.25) is 5.15 Å². The standard InChI is InChI=1S/C29H29ClN2O3/c1-2-3-13-26-27(30)31(19-18-21-9-5-4-6-10-21)29(35)32(26)20-22-14-16-23(17-15-22)24-11-7-8-12-25(24)28(33)34/h4-12,14-17H,2-3,13,18-20H2,1H3,(H,33,34). The average molecular weight is 489 g/mol. The van der Waals surface area contributed by atoms with Gasteiger partial charge in [0.2, 0.25) is 0 Å². The van der Waals surface area contributed by atoms with Crippen LogP contribution in [0.25, 0.3) is 11.1 Å². The second kappa shape index (κ2) is 11.2. The molecule has 0 saturated carbocycles. The van der Waals surface area contributed by atoms with Crippen LogP contribution in [0.15, 0.2) is 83.7 Å². The minimum atomic E-state index is -0.955. The maximum atomic E-state index is 13.4. The number of benzene rings is 3. The molecule has 0 aliphatic heterocycles. The van der Waals surface area contributed by atoms with Crippen LogP contribution in [-0.4, -0.2) is 20.2 Å². The molecule has 0 fully saturated rings. The zero-order valence-electron chi connectivity index (χ0n) is 19.8. The number of unbranched alkanes of at least 4 members (excludes halogenated alkanes) is 1. The summed E-state index contributed by atoms with van der Waals surface area (Å²) in [4.78, 5) is 25.0. The maximum Gasteiger partial charge on any atom is 0.336 e. The molecule has 0 radical (unpaired) electrons. The van der Waals surface area contributed by atoms with E-state index >= 15 is 0 Å². The lowest BCUT2D eigenvalue weighted by molar-refractivity contribution is 0.0697. The van der Waals surface area contributed by atoms with Gasteiger partial charge in [-0.3, -0.25) is 9.13 Å². The number of rotatable bonds is 10. The van der Waals surface area contributed by atoms with E-state index in [0.717, 1.165) is 48.1 Å². The number of aromatic nitrogens is 2. The molecule has 0 aliphatic rings. The van der Waals surface area contributed by atoms with Crippen molar-refractivity contribution in [3.8, 4) is 11.1 Å². The SMILES string of the molecule is CCCCc1c(Cl)n(CCc2ccccc2)c(=O)n1Cc1ccc(-c2ccccc2C(=O)O)cc1. The Morgan fingerprint density at radius 1 is 0.857 bits per heavy atom. The highest BCUT2D eigenvalue weighted by atomic mass is 35.5. The van der Waals surface area contributed by atoms with Crippen molar-refractivity contribution in [1.82, 2.24) is 9.13 Å². The van der Waals surface area contributed by atoms with E-state index in [2.05, 4.69) is 19.1 Å². The summed E-state index contributed by atoms with van der Waals surface area (Å²) in [7, 11) is 0. The Hall–Kier alpha value is -3.57. The molecule has 0 unspecified atom stereocenters. The molecule has 0 spiro atoms. The largest absolute Gasteiger partial charge is 0.478 e. The van der Waals surface area contributed by atoms with E-state index in [4.69, 9.17) is 11.6 Å². The van der Waals surface area contributed by atoms with E-state index in [0.29, 0.717) is 23.8 Å². The van der Waals surface area contributed by atoms with Crippen molar-refractivity contribution in [2.45, 2.75) is 45.7 Å². The molecule has 0 atom stereocenters. The fourth-order valence-electron chi connectivity index (χ4n) is 4.33. The van der Waals surface area contributed by atoms with Crippen LogP contribution in [0.3, 0.4) is 0 Å². The summed E-state index contributed by atoms with van der Waals surface area (Å²) in [6, 6.07) is 24.7. The Labute approximate surface area is 210 Å². The first-order valence-electron chi connectivity index (χ1n) is 11.9. The first kappa shape index (κ1) is 24.6. The Morgan fingerprint density at radius 3 is 2.23 bits per heavy atom. The van der Waals surface area contributed by atoms with Gasteiger partial charge in [-0.2, -0.15) is 0 Å². The zero-order valence-corrected chi connectivity index (χ0v) is 20.5. The van der Waals surface area contributed by atoms with Gasteiger partial charge in [0.25, 0.3) is 0 Å². The van der Waals surface area contributed by atoms with Gasteiger partial charge in [0.1, 0.15) is 5.15 Å². The van der Waals surface area contributed by atoms with E-state index in [9.17, 15) is 14.7 Å². The van der Waals surface area contributed by atoms with Crippen LogP contribution < -0.4 is 5.69 Å². The second-order valence-corrected chi connectivity index (χ2v) is 9.00. The molecule has 0 saturated heterocycles. The van der Waals surface area contributed by atoms with Crippen molar-refractivity contribution < 1.29 is 9.90 Å². The van der Waals surface area contributed by atoms with Gasteiger partial charge in [-0.05, 0) is 47.6 Å². The number of imidazole rings is 1. The third-order valence-corrected chi connectivity index (χ3v) is 6.68. The molecule has 6 heteroatoms. The highest BCUT2D eigenvalue weighted by Crippen LogP contribution is 2.25. The maximum absolute atomic E-state index is 13.4. The van der Waals surface area contributed by atoms with Crippen LogP contribution in [0.5, 0.6) is 0 Å². The molecule has 180 valence electrons. The number of nitrogens with zero attached hydrogens (tertiary/aromatic N) is 2. The van der Waals surface area contributed by atoms with Crippen LogP contribution in [0.4, 0.5) is 0 Å². The van der Waals surface area contributed by atoms with Gasteiger partial charge in [-0.25, -0.2) is 9.59 Å². The minimum Gasteiger partial charge on any atom is -0.478 e. The molecule has 4 aromatic rings. The first-order valence-corrected chi connectivity index (χ1v) is 12.3. The smallest absolute Gasteiger partial charge is 0.336 e. The van der Waals surface area contributed by atoms with Crippen molar-refractivity contribution in [2.75, 3.05) is 0 Å². The van der Waals surface area contributed by atoms with Crippen molar-refractivity contribution in [1.29, 1.82) is 0 Å². The summed E-state index contributed by atoms with van der Waals surface area (Å²) in [6.45, 7) is 3.06.